The number of likely N-dealkylation sites (tertiary alicyclic amines) is 1. The molecule has 3 nitrogen and oxygen atoms in total. The van der Waals surface area contributed by atoms with Gasteiger partial charge in [-0.2, -0.15) is 0 Å². The van der Waals surface area contributed by atoms with Crippen LogP contribution in [0.5, 0.6) is 0 Å². The number of nitrogens with zero attached hydrogens (tertiary/aromatic N) is 1. The summed E-state index contributed by atoms with van der Waals surface area (Å²) in [5, 5.41) is 0. The average molecular weight is 181 g/mol. The van der Waals surface area contributed by atoms with Gasteiger partial charge in [-0.25, -0.2) is 0 Å². The number of ketones is 1. The van der Waals surface area contributed by atoms with Gasteiger partial charge in [-0.15, -0.1) is 0 Å². The Labute approximate surface area is 78.1 Å². The molecule has 1 amide bonds. The third kappa shape index (κ3) is 1.47. The number of hydrogen-bond donors (Lipinski definition) is 0. The van der Waals surface area contributed by atoms with E-state index in [0.717, 1.165) is 25.8 Å². The van der Waals surface area contributed by atoms with Crippen molar-refractivity contribution in [3.05, 3.63) is 0 Å². The zero-order chi connectivity index (χ0) is 9.42. The molecule has 13 heavy (non-hydrogen) atoms. The summed E-state index contributed by atoms with van der Waals surface area (Å²) in [6.07, 6.45) is 3.42. The predicted molar refractivity (Wildman–Crippen MR) is 48.1 cm³/mol. The first kappa shape index (κ1) is 8.73. The van der Waals surface area contributed by atoms with Crippen molar-refractivity contribution in [1.82, 2.24) is 4.90 Å². The number of rotatable bonds is 0. The third-order valence-electron chi connectivity index (χ3n) is 3.32. The molecule has 1 heterocycles. The molecule has 1 aliphatic carbocycles. The van der Waals surface area contributed by atoms with Crippen LogP contribution < -0.4 is 0 Å². The lowest BCUT2D eigenvalue weighted by Crippen LogP contribution is -2.40. The van der Waals surface area contributed by atoms with E-state index in [9.17, 15) is 9.59 Å². The third-order valence-corrected chi connectivity index (χ3v) is 3.32. The van der Waals surface area contributed by atoms with Crippen LogP contribution in [0.25, 0.3) is 0 Å². The molecule has 0 aromatic heterocycles. The second-order valence-electron chi connectivity index (χ2n) is 4.11. The van der Waals surface area contributed by atoms with Crippen molar-refractivity contribution < 1.29 is 9.59 Å². The molecule has 0 aromatic carbocycles. The summed E-state index contributed by atoms with van der Waals surface area (Å²) in [4.78, 5) is 24.3. The van der Waals surface area contributed by atoms with E-state index in [4.69, 9.17) is 0 Å². The van der Waals surface area contributed by atoms with E-state index in [-0.39, 0.29) is 11.9 Å². The van der Waals surface area contributed by atoms with Crippen LogP contribution in [0.4, 0.5) is 0 Å². The lowest BCUT2D eigenvalue weighted by Gasteiger charge is -2.30. The normalized spacial score (nSPS) is 33.3. The summed E-state index contributed by atoms with van der Waals surface area (Å²) >= 11 is 0. The molecule has 2 fully saturated rings. The zero-order valence-corrected chi connectivity index (χ0v) is 7.95. The molecular formula is C10H15NO2. The van der Waals surface area contributed by atoms with Crippen molar-refractivity contribution in [1.29, 1.82) is 0 Å². The predicted octanol–water partition coefficient (Wildman–Crippen LogP) is 0.976. The Hall–Kier alpha value is -0.860. The summed E-state index contributed by atoms with van der Waals surface area (Å²) in [6.45, 7) is 2.46. The van der Waals surface area contributed by atoms with Crippen LogP contribution in [0.2, 0.25) is 0 Å². The maximum absolute atomic E-state index is 11.2. The highest BCUT2D eigenvalue weighted by molar-refractivity contribution is 5.81. The number of fused-ring (bicyclic) bond motifs is 1. The quantitative estimate of drug-likeness (QED) is 0.558. The van der Waals surface area contributed by atoms with Crippen LogP contribution in [0.15, 0.2) is 0 Å². The van der Waals surface area contributed by atoms with E-state index in [2.05, 4.69) is 0 Å². The van der Waals surface area contributed by atoms with Crippen molar-refractivity contribution in [3.8, 4) is 0 Å². The van der Waals surface area contributed by atoms with Crippen LogP contribution >= 0.6 is 0 Å². The smallest absolute Gasteiger partial charge is 0.219 e. The minimum absolute atomic E-state index is 0.127. The molecule has 72 valence electrons. The van der Waals surface area contributed by atoms with Crippen molar-refractivity contribution in [3.63, 3.8) is 0 Å². The summed E-state index contributed by atoms with van der Waals surface area (Å²) in [7, 11) is 0. The maximum atomic E-state index is 11.2. The van der Waals surface area contributed by atoms with Crippen LogP contribution in [-0.2, 0) is 9.59 Å². The van der Waals surface area contributed by atoms with E-state index < -0.39 is 0 Å². The Balaban J connectivity index is 2.11. The lowest BCUT2D eigenvalue weighted by molar-refractivity contribution is -0.132. The Morgan fingerprint density at radius 2 is 2.23 bits per heavy atom. The first-order valence-electron chi connectivity index (χ1n) is 4.97. The maximum Gasteiger partial charge on any atom is 0.219 e. The van der Waals surface area contributed by atoms with E-state index in [0.29, 0.717) is 18.1 Å². The second-order valence-corrected chi connectivity index (χ2v) is 4.11. The molecule has 0 radical (unpaired) electrons. The molecule has 0 spiro atoms. The van der Waals surface area contributed by atoms with Gasteiger partial charge >= 0.3 is 0 Å². The topological polar surface area (TPSA) is 37.4 Å². The Morgan fingerprint density at radius 3 is 2.92 bits per heavy atom. The van der Waals surface area contributed by atoms with Gasteiger partial charge in [0.05, 0.1) is 0 Å². The van der Waals surface area contributed by atoms with Crippen LogP contribution in [0.1, 0.15) is 32.6 Å². The highest BCUT2D eigenvalue weighted by atomic mass is 16.2. The number of carbonyl (C=O) groups excluding carboxylic acids is 2. The van der Waals surface area contributed by atoms with E-state index in [1.165, 1.54) is 0 Å². The molecule has 2 rings (SSSR count). The fraction of sp³-hybridized carbons (Fsp3) is 0.800. The van der Waals surface area contributed by atoms with Crippen molar-refractivity contribution in [2.45, 2.75) is 38.6 Å². The highest BCUT2D eigenvalue weighted by Gasteiger charge is 2.39. The Morgan fingerprint density at radius 1 is 1.46 bits per heavy atom. The van der Waals surface area contributed by atoms with E-state index in [1.54, 1.807) is 6.92 Å². The van der Waals surface area contributed by atoms with Crippen molar-refractivity contribution >= 4 is 11.7 Å². The molecular weight excluding hydrogens is 166 g/mol. The summed E-state index contributed by atoms with van der Waals surface area (Å²) in [5.41, 5.74) is 0. The minimum Gasteiger partial charge on any atom is -0.339 e. The SMILES string of the molecule is CC(=O)N1CC[C@H]2CCC(=O)C[C@H]21. The van der Waals surface area contributed by atoms with Crippen molar-refractivity contribution in [2.24, 2.45) is 5.92 Å². The standard InChI is InChI=1S/C10H15NO2/c1-7(12)11-5-4-8-2-3-9(13)6-10(8)11/h8,10H,2-6H2,1H3/t8-,10-/m1/s1. The van der Waals surface area contributed by atoms with Gasteiger partial charge in [0.15, 0.2) is 0 Å². The molecule has 0 N–H and O–H groups in total. The average Bonchev–Trinajstić information content (AvgIpc) is 2.46. The Bertz CT molecular complexity index is 249. The minimum atomic E-state index is 0.127. The number of hydrogen-bond acceptors (Lipinski definition) is 2. The first-order chi connectivity index (χ1) is 6.18. The fourth-order valence-electron chi connectivity index (χ4n) is 2.60. The van der Waals surface area contributed by atoms with Crippen LogP contribution in [-0.4, -0.2) is 29.2 Å². The van der Waals surface area contributed by atoms with Crippen LogP contribution in [0.3, 0.4) is 0 Å². The molecule has 0 unspecified atom stereocenters. The zero-order valence-electron chi connectivity index (χ0n) is 7.95. The lowest BCUT2D eigenvalue weighted by atomic mass is 9.84. The van der Waals surface area contributed by atoms with Gasteiger partial charge in [-0.1, -0.05) is 0 Å². The molecule has 1 saturated carbocycles. The van der Waals surface area contributed by atoms with Crippen LogP contribution in [0, 0.1) is 5.92 Å². The summed E-state index contributed by atoms with van der Waals surface area (Å²) in [5.74, 6) is 1.05. The fourth-order valence-corrected chi connectivity index (χ4v) is 2.60. The Kier molecular flexibility index (Phi) is 2.10. The second kappa shape index (κ2) is 3.13. The van der Waals surface area contributed by atoms with Gasteiger partial charge in [0.1, 0.15) is 5.78 Å². The number of carbonyl (C=O) groups is 2. The molecule has 0 bridgehead atoms. The molecule has 2 atom stereocenters. The van der Waals surface area contributed by atoms with Gasteiger partial charge in [0, 0.05) is 32.4 Å². The largest absolute Gasteiger partial charge is 0.339 e. The number of Topliss-reactive ketones (excluding diaryl/α,β-unsaturated/α-hetero) is 1. The highest BCUT2D eigenvalue weighted by Crippen LogP contribution is 2.34. The van der Waals surface area contributed by atoms with E-state index in [1.807, 2.05) is 4.90 Å². The van der Waals surface area contributed by atoms with E-state index >= 15 is 0 Å². The number of amides is 1. The van der Waals surface area contributed by atoms with Gasteiger partial charge in [-0.05, 0) is 18.8 Å². The molecule has 1 aliphatic heterocycles. The van der Waals surface area contributed by atoms with Gasteiger partial charge in [0.25, 0.3) is 0 Å². The summed E-state index contributed by atoms with van der Waals surface area (Å²) in [6, 6.07) is 0.235. The molecule has 2 aliphatic rings. The molecule has 1 saturated heterocycles. The van der Waals surface area contributed by atoms with Crippen molar-refractivity contribution in [2.75, 3.05) is 6.54 Å². The van der Waals surface area contributed by atoms with Gasteiger partial charge in [-0.3, -0.25) is 9.59 Å². The van der Waals surface area contributed by atoms with Gasteiger partial charge < -0.3 is 4.90 Å². The van der Waals surface area contributed by atoms with Gasteiger partial charge in [0.2, 0.25) is 5.91 Å². The first-order valence-corrected chi connectivity index (χ1v) is 4.97. The monoisotopic (exact) mass is 181 g/mol. The molecule has 0 aromatic rings. The summed E-state index contributed by atoms with van der Waals surface area (Å²) < 4.78 is 0. The molecule has 3 heteroatoms.